The zero-order valence-electron chi connectivity index (χ0n) is 13.4. The fraction of sp³-hybridized carbons (Fsp3) is 0.235. The molecule has 0 spiro atoms. The maximum absolute atomic E-state index is 12.4. The number of pyridine rings is 1. The van der Waals surface area contributed by atoms with Gasteiger partial charge in [-0.2, -0.15) is 0 Å². The van der Waals surface area contributed by atoms with Gasteiger partial charge in [0.25, 0.3) is 5.91 Å². The lowest BCUT2D eigenvalue weighted by Crippen LogP contribution is -2.37. The second-order valence-electron chi connectivity index (χ2n) is 5.65. The van der Waals surface area contributed by atoms with Crippen molar-refractivity contribution in [1.29, 1.82) is 0 Å². The van der Waals surface area contributed by atoms with Gasteiger partial charge in [0.1, 0.15) is 5.82 Å². The van der Waals surface area contributed by atoms with E-state index in [9.17, 15) is 14.7 Å². The van der Waals surface area contributed by atoms with Gasteiger partial charge in [0.15, 0.2) is 0 Å². The average Bonchev–Trinajstić information content (AvgIpc) is 2.58. The van der Waals surface area contributed by atoms with Gasteiger partial charge in [0.05, 0.1) is 23.9 Å². The highest BCUT2D eigenvalue weighted by Crippen LogP contribution is 2.27. The molecule has 2 aromatic rings. The summed E-state index contributed by atoms with van der Waals surface area (Å²) in [6, 6.07) is 8.63. The average molecular weight is 326 g/mol. The molecule has 3 N–H and O–H groups in total. The predicted molar refractivity (Wildman–Crippen MR) is 91.2 cm³/mol. The number of carbonyl (C=O) groups excluding carboxylic acids is 2. The molecule has 2 amide bonds. The van der Waals surface area contributed by atoms with Crippen molar-refractivity contribution in [3.05, 3.63) is 47.7 Å². The first kappa shape index (κ1) is 15.9. The number of hydrogen-bond acceptors (Lipinski definition) is 5. The molecule has 24 heavy (non-hydrogen) atoms. The van der Waals surface area contributed by atoms with Crippen molar-refractivity contribution in [2.75, 3.05) is 29.1 Å². The molecular formula is C17H18N4O3. The van der Waals surface area contributed by atoms with E-state index in [1.165, 1.54) is 11.1 Å². The van der Waals surface area contributed by atoms with E-state index in [0.29, 0.717) is 28.3 Å². The number of rotatable bonds is 3. The minimum absolute atomic E-state index is 0.0912. The molecule has 1 aromatic carbocycles. The van der Waals surface area contributed by atoms with Crippen molar-refractivity contribution in [3.8, 4) is 0 Å². The Labute approximate surface area is 139 Å². The summed E-state index contributed by atoms with van der Waals surface area (Å²) in [7, 11) is 1.65. The fourth-order valence-corrected chi connectivity index (χ4v) is 2.46. The molecule has 0 radical (unpaired) electrons. The molecule has 1 unspecified atom stereocenters. The topological polar surface area (TPSA) is 94.6 Å². The Morgan fingerprint density at radius 3 is 2.96 bits per heavy atom. The van der Waals surface area contributed by atoms with Crippen LogP contribution in [-0.4, -0.2) is 35.5 Å². The number of aliphatic hydroxyl groups is 1. The third kappa shape index (κ3) is 3.07. The van der Waals surface area contributed by atoms with Gasteiger partial charge in [0.2, 0.25) is 5.91 Å². The zero-order valence-corrected chi connectivity index (χ0v) is 13.4. The number of likely N-dealkylation sites (N-methyl/N-ethyl adjacent to an activating group) is 1. The van der Waals surface area contributed by atoms with E-state index < -0.39 is 6.10 Å². The van der Waals surface area contributed by atoms with E-state index >= 15 is 0 Å². The standard InChI is InChI=1S/C17H18N4O3/c1-10(22)11-4-3-5-13(6-11)20-17(24)12-7-14-16(18-8-12)19-9-15(23)21(14)2/h3-8,10,22H,9H2,1-2H3,(H,18,19)(H,20,24). The zero-order chi connectivity index (χ0) is 17.3. The number of carbonyl (C=O) groups is 2. The molecule has 1 aliphatic rings. The third-order valence-corrected chi connectivity index (χ3v) is 3.90. The summed E-state index contributed by atoms with van der Waals surface area (Å²) in [4.78, 5) is 29.9. The molecule has 1 aliphatic heterocycles. The number of fused-ring (bicyclic) bond motifs is 1. The van der Waals surface area contributed by atoms with Crippen molar-refractivity contribution >= 4 is 29.0 Å². The van der Waals surface area contributed by atoms with Gasteiger partial charge in [-0.15, -0.1) is 0 Å². The fourth-order valence-electron chi connectivity index (χ4n) is 2.46. The highest BCUT2D eigenvalue weighted by molar-refractivity contribution is 6.07. The van der Waals surface area contributed by atoms with Crippen molar-refractivity contribution in [2.45, 2.75) is 13.0 Å². The Bertz CT molecular complexity index is 804. The molecule has 0 bridgehead atoms. The van der Waals surface area contributed by atoms with E-state index in [1.807, 2.05) is 0 Å². The van der Waals surface area contributed by atoms with E-state index in [4.69, 9.17) is 0 Å². The van der Waals surface area contributed by atoms with E-state index in [1.54, 1.807) is 44.3 Å². The molecule has 7 heteroatoms. The summed E-state index contributed by atoms with van der Waals surface area (Å²) < 4.78 is 0. The second-order valence-corrected chi connectivity index (χ2v) is 5.65. The van der Waals surface area contributed by atoms with Crippen molar-refractivity contribution in [3.63, 3.8) is 0 Å². The minimum atomic E-state index is -0.613. The lowest BCUT2D eigenvalue weighted by Gasteiger charge is -2.26. The Kier molecular flexibility index (Phi) is 4.18. The van der Waals surface area contributed by atoms with Crippen LogP contribution in [0.25, 0.3) is 0 Å². The number of nitrogens with one attached hydrogen (secondary N) is 2. The monoisotopic (exact) mass is 326 g/mol. The van der Waals surface area contributed by atoms with Gasteiger partial charge in [0, 0.05) is 18.9 Å². The Morgan fingerprint density at radius 2 is 2.21 bits per heavy atom. The first-order chi connectivity index (χ1) is 11.5. The van der Waals surface area contributed by atoms with Gasteiger partial charge in [-0.3, -0.25) is 9.59 Å². The molecule has 7 nitrogen and oxygen atoms in total. The van der Waals surface area contributed by atoms with Crippen LogP contribution in [0.5, 0.6) is 0 Å². The third-order valence-electron chi connectivity index (χ3n) is 3.90. The van der Waals surface area contributed by atoms with Gasteiger partial charge < -0.3 is 20.6 Å². The lowest BCUT2D eigenvalue weighted by molar-refractivity contribution is -0.116. The van der Waals surface area contributed by atoms with E-state index in [-0.39, 0.29) is 18.4 Å². The van der Waals surface area contributed by atoms with E-state index in [0.717, 1.165) is 0 Å². The maximum atomic E-state index is 12.4. The molecule has 3 rings (SSSR count). The van der Waals surface area contributed by atoms with Crippen LogP contribution in [0.1, 0.15) is 28.9 Å². The predicted octanol–water partition coefficient (Wildman–Crippen LogP) is 1.78. The number of aliphatic hydroxyl groups excluding tert-OH is 1. The normalized spacial score (nSPS) is 14.6. The maximum Gasteiger partial charge on any atom is 0.257 e. The Balaban J connectivity index is 1.83. The number of anilines is 3. The van der Waals surface area contributed by atoms with Gasteiger partial charge in [-0.1, -0.05) is 12.1 Å². The summed E-state index contributed by atoms with van der Waals surface area (Å²) in [5.41, 5.74) is 2.21. The van der Waals surface area contributed by atoms with Crippen LogP contribution in [0.15, 0.2) is 36.5 Å². The van der Waals surface area contributed by atoms with Gasteiger partial charge >= 0.3 is 0 Å². The summed E-state index contributed by atoms with van der Waals surface area (Å²) in [5, 5.41) is 15.3. The highest BCUT2D eigenvalue weighted by Gasteiger charge is 2.23. The molecule has 1 atom stereocenters. The van der Waals surface area contributed by atoms with Crippen LogP contribution in [0.4, 0.5) is 17.2 Å². The first-order valence-corrected chi connectivity index (χ1v) is 7.55. The highest BCUT2D eigenvalue weighted by atomic mass is 16.3. The molecule has 0 fully saturated rings. The Hall–Kier alpha value is -2.93. The Morgan fingerprint density at radius 1 is 1.42 bits per heavy atom. The minimum Gasteiger partial charge on any atom is -0.389 e. The van der Waals surface area contributed by atoms with Crippen molar-refractivity contribution in [2.24, 2.45) is 0 Å². The van der Waals surface area contributed by atoms with E-state index in [2.05, 4.69) is 15.6 Å². The van der Waals surface area contributed by atoms with Crippen LogP contribution in [0.3, 0.4) is 0 Å². The van der Waals surface area contributed by atoms with Crippen LogP contribution in [0, 0.1) is 0 Å². The summed E-state index contributed by atoms with van der Waals surface area (Å²) >= 11 is 0. The number of amides is 2. The SMILES string of the molecule is CC(O)c1cccc(NC(=O)c2cnc3c(c2)N(C)C(=O)CN3)c1. The van der Waals surface area contributed by atoms with Crippen LogP contribution < -0.4 is 15.5 Å². The smallest absolute Gasteiger partial charge is 0.257 e. The summed E-state index contributed by atoms with van der Waals surface area (Å²) in [6.07, 6.45) is 0.849. The number of aromatic nitrogens is 1. The van der Waals surface area contributed by atoms with Crippen LogP contribution >= 0.6 is 0 Å². The lowest BCUT2D eigenvalue weighted by atomic mass is 10.1. The van der Waals surface area contributed by atoms with Gasteiger partial charge in [-0.05, 0) is 30.7 Å². The van der Waals surface area contributed by atoms with Gasteiger partial charge in [-0.25, -0.2) is 4.98 Å². The molecule has 1 aromatic heterocycles. The molecule has 124 valence electrons. The second kappa shape index (κ2) is 6.29. The summed E-state index contributed by atoms with van der Waals surface area (Å²) in [5.74, 6) is 0.149. The van der Waals surface area contributed by atoms with Crippen molar-refractivity contribution < 1.29 is 14.7 Å². The first-order valence-electron chi connectivity index (χ1n) is 7.55. The van der Waals surface area contributed by atoms with Crippen LogP contribution in [-0.2, 0) is 4.79 Å². The molecule has 2 heterocycles. The van der Waals surface area contributed by atoms with Crippen molar-refractivity contribution in [1.82, 2.24) is 4.98 Å². The number of benzene rings is 1. The largest absolute Gasteiger partial charge is 0.389 e. The molecule has 0 saturated carbocycles. The number of hydrogen-bond donors (Lipinski definition) is 3. The molecule has 0 saturated heterocycles. The van der Waals surface area contributed by atoms with Crippen LogP contribution in [0.2, 0.25) is 0 Å². The number of nitrogens with zero attached hydrogens (tertiary/aromatic N) is 2. The summed E-state index contributed by atoms with van der Waals surface area (Å²) in [6.45, 7) is 1.85. The quantitative estimate of drug-likeness (QED) is 0.799. The molecule has 0 aliphatic carbocycles. The molecular weight excluding hydrogens is 308 g/mol.